The average molecular weight is 334 g/mol. The molecule has 0 amide bonds. The summed E-state index contributed by atoms with van der Waals surface area (Å²) in [6.07, 6.45) is 1.18. The Morgan fingerprint density at radius 3 is 2.56 bits per heavy atom. The first kappa shape index (κ1) is 15.7. The van der Waals surface area contributed by atoms with Gasteiger partial charge in [0.05, 0.1) is 0 Å². The monoisotopic (exact) mass is 334 g/mol. The van der Waals surface area contributed by atoms with Gasteiger partial charge in [0.15, 0.2) is 0 Å². The Morgan fingerprint density at radius 2 is 1.80 bits per heavy atom. The summed E-state index contributed by atoms with van der Waals surface area (Å²) in [7, 11) is 2.03. The maximum Gasteiger partial charge on any atom is 0.266 e. The first-order chi connectivity index (χ1) is 12.3. The molecule has 0 N–H and O–H groups in total. The van der Waals surface area contributed by atoms with Crippen LogP contribution in [-0.2, 0) is 0 Å². The van der Waals surface area contributed by atoms with E-state index in [0.717, 1.165) is 25.2 Å². The second-order valence-corrected chi connectivity index (χ2v) is 6.58. The van der Waals surface area contributed by atoms with Gasteiger partial charge >= 0.3 is 0 Å². The minimum Gasteiger partial charge on any atom is -0.371 e. The lowest BCUT2D eigenvalue weighted by molar-refractivity contribution is 0.428. The van der Waals surface area contributed by atoms with Gasteiger partial charge in [-0.05, 0) is 41.8 Å². The molecule has 0 unspecified atom stereocenters. The van der Waals surface area contributed by atoms with Crippen molar-refractivity contribution in [3.05, 3.63) is 60.7 Å². The van der Waals surface area contributed by atoms with Crippen LogP contribution in [0.5, 0.6) is 0 Å². The van der Waals surface area contributed by atoms with Crippen molar-refractivity contribution >= 4 is 11.6 Å². The van der Waals surface area contributed by atoms with Gasteiger partial charge in [0.1, 0.15) is 0 Å². The van der Waals surface area contributed by atoms with Crippen molar-refractivity contribution in [1.29, 1.82) is 0 Å². The summed E-state index contributed by atoms with van der Waals surface area (Å²) in [5.41, 5.74) is 2.25. The van der Waals surface area contributed by atoms with E-state index in [1.54, 1.807) is 0 Å². The highest BCUT2D eigenvalue weighted by atomic mass is 16.5. The van der Waals surface area contributed by atoms with Crippen LogP contribution in [-0.4, -0.2) is 36.8 Å². The standard InChI is InChI=1S/C20H22N4O/c1-23(20-21-19(25-22-20)17-8-4-2-5-9-17)14-16-12-13-24(15-16)18-10-6-3-7-11-18/h2-11,16H,12-15H2,1H3/t16-/m1/s1. The number of nitrogens with zero attached hydrogens (tertiary/aromatic N) is 4. The second kappa shape index (κ2) is 6.97. The van der Waals surface area contributed by atoms with Gasteiger partial charge in [0.25, 0.3) is 11.8 Å². The summed E-state index contributed by atoms with van der Waals surface area (Å²) in [4.78, 5) is 9.08. The number of hydrogen-bond donors (Lipinski definition) is 0. The molecule has 1 saturated heterocycles. The third kappa shape index (κ3) is 3.50. The van der Waals surface area contributed by atoms with Crippen molar-refractivity contribution in [2.45, 2.75) is 6.42 Å². The summed E-state index contributed by atoms with van der Waals surface area (Å²) in [5.74, 6) is 1.82. The SMILES string of the molecule is CN(C[C@H]1CCN(c2ccccc2)C1)c1noc(-c2ccccc2)n1. The predicted molar refractivity (Wildman–Crippen MR) is 99.8 cm³/mol. The van der Waals surface area contributed by atoms with Gasteiger partial charge < -0.3 is 14.3 Å². The molecule has 2 heterocycles. The fourth-order valence-electron chi connectivity index (χ4n) is 3.39. The van der Waals surface area contributed by atoms with Gasteiger partial charge in [0, 0.05) is 37.9 Å². The normalized spacial score (nSPS) is 17.0. The van der Waals surface area contributed by atoms with E-state index >= 15 is 0 Å². The van der Waals surface area contributed by atoms with Crippen LogP contribution in [0.25, 0.3) is 11.5 Å². The van der Waals surface area contributed by atoms with E-state index in [9.17, 15) is 0 Å². The topological polar surface area (TPSA) is 45.4 Å². The smallest absolute Gasteiger partial charge is 0.266 e. The summed E-state index contributed by atoms with van der Waals surface area (Å²) < 4.78 is 5.41. The van der Waals surface area contributed by atoms with Crippen LogP contribution in [0.3, 0.4) is 0 Å². The fourth-order valence-corrected chi connectivity index (χ4v) is 3.39. The van der Waals surface area contributed by atoms with Gasteiger partial charge in [0.2, 0.25) is 0 Å². The highest BCUT2D eigenvalue weighted by Gasteiger charge is 2.25. The summed E-state index contributed by atoms with van der Waals surface area (Å²) >= 11 is 0. The molecular weight excluding hydrogens is 312 g/mol. The van der Waals surface area contributed by atoms with Gasteiger partial charge in [-0.3, -0.25) is 0 Å². The molecule has 0 bridgehead atoms. The van der Waals surface area contributed by atoms with Crippen molar-refractivity contribution in [2.75, 3.05) is 36.5 Å². The zero-order chi connectivity index (χ0) is 17.1. The molecule has 1 fully saturated rings. The van der Waals surface area contributed by atoms with Crippen LogP contribution >= 0.6 is 0 Å². The quantitative estimate of drug-likeness (QED) is 0.712. The van der Waals surface area contributed by atoms with Crippen molar-refractivity contribution in [3.8, 4) is 11.5 Å². The van der Waals surface area contributed by atoms with Crippen LogP contribution in [0.2, 0.25) is 0 Å². The maximum absolute atomic E-state index is 5.41. The number of benzene rings is 2. The molecule has 5 nitrogen and oxygen atoms in total. The second-order valence-electron chi connectivity index (χ2n) is 6.58. The van der Waals surface area contributed by atoms with Crippen molar-refractivity contribution < 1.29 is 4.52 Å². The van der Waals surface area contributed by atoms with E-state index in [-0.39, 0.29) is 0 Å². The molecule has 0 spiro atoms. The van der Waals surface area contributed by atoms with Crippen molar-refractivity contribution in [3.63, 3.8) is 0 Å². The van der Waals surface area contributed by atoms with E-state index in [1.807, 2.05) is 37.4 Å². The number of rotatable bonds is 5. The molecule has 1 atom stereocenters. The Morgan fingerprint density at radius 1 is 1.08 bits per heavy atom. The van der Waals surface area contributed by atoms with Crippen molar-refractivity contribution in [2.24, 2.45) is 5.92 Å². The largest absolute Gasteiger partial charge is 0.371 e. The number of hydrogen-bond acceptors (Lipinski definition) is 5. The van der Waals surface area contributed by atoms with Gasteiger partial charge in [-0.2, -0.15) is 4.98 Å². The Bertz CT molecular complexity index is 803. The first-order valence-corrected chi connectivity index (χ1v) is 8.70. The Hall–Kier alpha value is -2.82. The van der Waals surface area contributed by atoms with Crippen LogP contribution in [0.1, 0.15) is 6.42 Å². The lowest BCUT2D eigenvalue weighted by atomic mass is 10.1. The van der Waals surface area contributed by atoms with Crippen LogP contribution in [0.4, 0.5) is 11.6 Å². The summed E-state index contributed by atoms with van der Waals surface area (Å²) in [6, 6.07) is 20.5. The van der Waals surface area contributed by atoms with E-state index in [1.165, 1.54) is 12.1 Å². The van der Waals surface area contributed by atoms with Crippen LogP contribution in [0, 0.1) is 5.92 Å². The average Bonchev–Trinajstić information content (AvgIpc) is 3.33. The van der Waals surface area contributed by atoms with Gasteiger partial charge in [-0.25, -0.2) is 0 Å². The van der Waals surface area contributed by atoms with E-state index in [4.69, 9.17) is 4.52 Å². The lowest BCUT2D eigenvalue weighted by Gasteiger charge is -2.21. The zero-order valence-electron chi connectivity index (χ0n) is 14.4. The third-order valence-electron chi connectivity index (χ3n) is 4.72. The fraction of sp³-hybridized carbons (Fsp3) is 0.300. The molecule has 128 valence electrons. The van der Waals surface area contributed by atoms with Gasteiger partial charge in [-0.1, -0.05) is 36.4 Å². The predicted octanol–water partition coefficient (Wildman–Crippen LogP) is 3.70. The Labute approximate surface area is 147 Å². The van der Waals surface area contributed by atoms with Crippen LogP contribution in [0.15, 0.2) is 65.2 Å². The lowest BCUT2D eigenvalue weighted by Crippen LogP contribution is -2.28. The highest BCUT2D eigenvalue weighted by Crippen LogP contribution is 2.25. The molecule has 1 aliphatic rings. The molecule has 3 aromatic rings. The van der Waals surface area contributed by atoms with E-state index < -0.39 is 0 Å². The molecule has 1 aliphatic heterocycles. The molecule has 25 heavy (non-hydrogen) atoms. The Balaban J connectivity index is 1.38. The summed E-state index contributed by atoms with van der Waals surface area (Å²) in [6.45, 7) is 3.10. The van der Waals surface area contributed by atoms with E-state index in [2.05, 4.69) is 50.3 Å². The maximum atomic E-state index is 5.41. The molecule has 0 saturated carbocycles. The highest BCUT2D eigenvalue weighted by molar-refractivity contribution is 5.54. The van der Waals surface area contributed by atoms with E-state index in [0.29, 0.717) is 17.8 Å². The minimum absolute atomic E-state index is 0.569. The molecular formula is C20H22N4O. The Kier molecular flexibility index (Phi) is 4.37. The number of aromatic nitrogens is 2. The minimum atomic E-state index is 0.569. The molecule has 2 aromatic carbocycles. The molecule has 0 aliphatic carbocycles. The molecule has 1 aromatic heterocycles. The molecule has 5 heteroatoms. The molecule has 4 rings (SSSR count). The van der Waals surface area contributed by atoms with Gasteiger partial charge in [-0.15, -0.1) is 0 Å². The third-order valence-corrected chi connectivity index (χ3v) is 4.72. The number of anilines is 2. The number of para-hydroxylation sites is 1. The first-order valence-electron chi connectivity index (χ1n) is 8.70. The van der Waals surface area contributed by atoms with Crippen LogP contribution < -0.4 is 9.80 Å². The molecule has 0 radical (unpaired) electrons. The van der Waals surface area contributed by atoms with Crippen molar-refractivity contribution in [1.82, 2.24) is 10.1 Å². The zero-order valence-corrected chi connectivity index (χ0v) is 14.4. The summed E-state index contributed by atoms with van der Waals surface area (Å²) in [5, 5.41) is 4.14.